The molecule has 0 amide bonds. The third-order valence-corrected chi connectivity index (χ3v) is 13.5. The fraction of sp³-hybridized carbons (Fsp3) is 0.724. The van der Waals surface area contributed by atoms with Gasteiger partial charge in [-0.25, -0.2) is 0 Å². The molecule has 384 valence electrons. The van der Waals surface area contributed by atoms with E-state index in [2.05, 4.69) is 37.5 Å². The van der Waals surface area contributed by atoms with Crippen molar-refractivity contribution >= 4 is 23.9 Å². The summed E-state index contributed by atoms with van der Waals surface area (Å²) in [4.78, 5) is 56.4. The first kappa shape index (κ1) is 58.6. The number of hydrogen-bond donors (Lipinski definition) is 0. The quantitative estimate of drug-likeness (QED) is 0.0364. The van der Waals surface area contributed by atoms with E-state index in [1.807, 2.05) is 24.3 Å². The second-order valence-corrected chi connectivity index (χ2v) is 19.5. The van der Waals surface area contributed by atoms with Crippen molar-refractivity contribution in [2.45, 2.75) is 207 Å². The second-order valence-electron chi connectivity index (χ2n) is 19.5. The van der Waals surface area contributed by atoms with Crippen LogP contribution in [-0.2, 0) is 41.5 Å². The Morgan fingerprint density at radius 3 is 1.03 bits per heavy atom. The van der Waals surface area contributed by atoms with Gasteiger partial charge in [0.1, 0.15) is 11.5 Å². The molecule has 0 aliphatic carbocycles. The summed E-state index contributed by atoms with van der Waals surface area (Å²) < 4.78 is 22.8. The maximum absolute atomic E-state index is 13.2. The van der Waals surface area contributed by atoms with Gasteiger partial charge in [0.25, 0.3) is 0 Å². The fourth-order valence-corrected chi connectivity index (χ4v) is 9.11. The molecule has 0 radical (unpaired) electrons. The number of unbranched alkanes of at least 4 members (excludes halogenated alkanes) is 16. The number of esters is 4. The summed E-state index contributed by atoms with van der Waals surface area (Å²) >= 11 is 0. The molecular weight excluding hydrogens is 853 g/mol. The van der Waals surface area contributed by atoms with Crippen LogP contribution >= 0.6 is 0 Å². The van der Waals surface area contributed by atoms with Crippen molar-refractivity contribution in [2.75, 3.05) is 52.5 Å². The lowest BCUT2D eigenvalue weighted by atomic mass is 9.94. The third-order valence-electron chi connectivity index (χ3n) is 13.5. The molecule has 2 atom stereocenters. The Balaban J connectivity index is 1.25. The predicted octanol–water partition coefficient (Wildman–Crippen LogP) is 13.4. The van der Waals surface area contributed by atoms with Gasteiger partial charge >= 0.3 is 23.9 Å². The van der Waals surface area contributed by atoms with Gasteiger partial charge < -0.3 is 28.7 Å². The number of hydrogen-bond acceptors (Lipinski definition) is 10. The fourth-order valence-electron chi connectivity index (χ4n) is 9.11. The van der Waals surface area contributed by atoms with E-state index in [9.17, 15) is 19.2 Å². The smallest absolute Gasteiger partial charge is 0.314 e. The minimum Gasteiger partial charge on any atom is -0.465 e. The van der Waals surface area contributed by atoms with E-state index in [1.54, 1.807) is 24.3 Å². The van der Waals surface area contributed by atoms with Gasteiger partial charge in [-0.2, -0.15) is 0 Å². The molecule has 2 aromatic carbocycles. The van der Waals surface area contributed by atoms with Crippen LogP contribution in [0.15, 0.2) is 48.5 Å². The molecular formula is C58H94N2O8. The Hall–Kier alpha value is -3.76. The van der Waals surface area contributed by atoms with Gasteiger partial charge in [0.2, 0.25) is 0 Å². The van der Waals surface area contributed by atoms with E-state index in [-0.39, 0.29) is 48.6 Å². The summed E-state index contributed by atoms with van der Waals surface area (Å²) in [5, 5.41) is 0. The van der Waals surface area contributed by atoms with Crippen LogP contribution in [0.5, 0.6) is 11.5 Å². The largest absolute Gasteiger partial charge is 0.465 e. The predicted molar refractivity (Wildman–Crippen MR) is 276 cm³/mol. The van der Waals surface area contributed by atoms with Crippen LogP contribution in [0.3, 0.4) is 0 Å². The molecule has 1 fully saturated rings. The summed E-state index contributed by atoms with van der Waals surface area (Å²) in [5.74, 6) is 0.170. The lowest BCUT2D eigenvalue weighted by Crippen LogP contribution is -2.47. The molecule has 1 aliphatic rings. The number of rotatable bonds is 40. The number of nitrogens with zero attached hydrogens (tertiary/aromatic N) is 2. The summed E-state index contributed by atoms with van der Waals surface area (Å²) in [5.41, 5.74) is 1.68. The van der Waals surface area contributed by atoms with Crippen LogP contribution < -0.4 is 9.47 Å². The first-order chi connectivity index (χ1) is 33.2. The van der Waals surface area contributed by atoms with Crippen molar-refractivity contribution < 1.29 is 38.1 Å². The molecule has 2 aromatic rings. The zero-order valence-electron chi connectivity index (χ0n) is 43.4. The topological polar surface area (TPSA) is 112 Å². The highest BCUT2D eigenvalue weighted by Gasteiger charge is 2.22. The number of ether oxygens (including phenoxy) is 4. The Kier molecular flexibility index (Phi) is 32.8. The van der Waals surface area contributed by atoms with Gasteiger partial charge in [0.05, 0.1) is 37.9 Å². The first-order valence-electron chi connectivity index (χ1n) is 27.6. The highest BCUT2D eigenvalue weighted by atomic mass is 16.5. The average Bonchev–Trinajstić information content (AvgIpc) is 3.34. The van der Waals surface area contributed by atoms with E-state index in [1.165, 1.54) is 89.9 Å². The molecule has 1 heterocycles. The van der Waals surface area contributed by atoms with Crippen LogP contribution in [0.25, 0.3) is 0 Å². The van der Waals surface area contributed by atoms with Crippen LogP contribution in [0.1, 0.15) is 206 Å². The maximum atomic E-state index is 13.2. The van der Waals surface area contributed by atoms with E-state index in [4.69, 9.17) is 18.9 Å². The summed E-state index contributed by atoms with van der Waals surface area (Å²) in [6.07, 6.45) is 29.2. The zero-order chi connectivity index (χ0) is 48.9. The van der Waals surface area contributed by atoms with Gasteiger partial charge in [-0.1, -0.05) is 180 Å². The second kappa shape index (κ2) is 38.0. The van der Waals surface area contributed by atoms with Gasteiger partial charge in [-0.15, -0.1) is 0 Å². The van der Waals surface area contributed by atoms with E-state index >= 15 is 0 Å². The average molecular weight is 947 g/mol. The summed E-state index contributed by atoms with van der Waals surface area (Å²) in [6.45, 7) is 15.2. The van der Waals surface area contributed by atoms with Gasteiger partial charge in [-0.3, -0.25) is 19.2 Å². The van der Waals surface area contributed by atoms with Crippen molar-refractivity contribution in [3.63, 3.8) is 0 Å². The molecule has 3 rings (SSSR count). The van der Waals surface area contributed by atoms with Gasteiger partial charge in [-0.05, 0) is 73.9 Å². The lowest BCUT2D eigenvalue weighted by molar-refractivity contribution is -0.144. The monoisotopic (exact) mass is 947 g/mol. The number of piperazine rings is 1. The summed E-state index contributed by atoms with van der Waals surface area (Å²) in [7, 11) is 0. The van der Waals surface area contributed by atoms with Crippen LogP contribution in [0, 0.1) is 11.8 Å². The SMILES string of the molecule is CCCCCCCCC(CCCCCC)C(=O)Oc1ccc(CC(=O)OCCCN2CCN(CCCOC(=O)Cc3ccc(OC(=O)C(CCCCCC)CCCCCCCC)cc3)CC2)cc1. The Morgan fingerprint density at radius 1 is 0.412 bits per heavy atom. The molecule has 0 spiro atoms. The van der Waals surface area contributed by atoms with Crippen molar-refractivity contribution in [3.8, 4) is 11.5 Å². The van der Waals surface area contributed by atoms with Crippen LogP contribution in [-0.4, -0.2) is 86.2 Å². The van der Waals surface area contributed by atoms with Crippen molar-refractivity contribution in [1.82, 2.24) is 9.80 Å². The van der Waals surface area contributed by atoms with Crippen molar-refractivity contribution in [3.05, 3.63) is 59.7 Å². The normalized spacial score (nSPS) is 14.1. The highest BCUT2D eigenvalue weighted by molar-refractivity contribution is 5.76. The van der Waals surface area contributed by atoms with Gasteiger partial charge in [0, 0.05) is 39.3 Å². The van der Waals surface area contributed by atoms with E-state index in [0.717, 1.165) is 127 Å². The van der Waals surface area contributed by atoms with Crippen molar-refractivity contribution in [1.29, 1.82) is 0 Å². The van der Waals surface area contributed by atoms with E-state index < -0.39 is 0 Å². The van der Waals surface area contributed by atoms with Gasteiger partial charge in [0.15, 0.2) is 0 Å². The Bertz CT molecular complexity index is 1490. The number of benzene rings is 2. The number of carbonyl (C=O) groups is 4. The standard InChI is InChI=1S/C58H94N2O8/c1-5-9-13-17-19-23-29-51(27-21-15-11-7-3)57(63)67-53-35-31-49(32-36-53)47-55(61)65-45-25-39-59-41-43-60(44-42-59)40-26-46-66-56(62)48-50-33-37-54(38-34-50)68-58(64)52(28-22-16-12-8-4)30-24-20-18-14-10-6-2/h31-38,51-52H,5-30,39-48H2,1-4H3. The summed E-state index contributed by atoms with van der Waals surface area (Å²) in [6, 6.07) is 14.5. The molecule has 0 saturated carbocycles. The molecule has 1 saturated heterocycles. The Labute approximate surface area is 413 Å². The molecule has 1 aliphatic heterocycles. The minimum absolute atomic E-state index is 0.0625. The number of carbonyl (C=O) groups excluding carboxylic acids is 4. The molecule has 10 heteroatoms. The first-order valence-corrected chi connectivity index (χ1v) is 27.6. The molecule has 10 nitrogen and oxygen atoms in total. The minimum atomic E-state index is -0.252. The molecule has 0 bridgehead atoms. The highest BCUT2D eigenvalue weighted by Crippen LogP contribution is 2.25. The lowest BCUT2D eigenvalue weighted by Gasteiger charge is -2.34. The van der Waals surface area contributed by atoms with E-state index in [0.29, 0.717) is 24.7 Å². The molecule has 0 aromatic heterocycles. The Morgan fingerprint density at radius 2 is 0.706 bits per heavy atom. The maximum Gasteiger partial charge on any atom is 0.314 e. The van der Waals surface area contributed by atoms with Crippen molar-refractivity contribution in [2.24, 2.45) is 11.8 Å². The molecule has 0 N–H and O–H groups in total. The zero-order valence-corrected chi connectivity index (χ0v) is 43.4. The molecule has 2 unspecified atom stereocenters. The third kappa shape index (κ3) is 27.4. The van der Waals surface area contributed by atoms with Crippen LogP contribution in [0.2, 0.25) is 0 Å². The van der Waals surface area contributed by atoms with Crippen LogP contribution in [0.4, 0.5) is 0 Å². The molecule has 68 heavy (non-hydrogen) atoms.